The molecule has 0 unspecified atom stereocenters. The Morgan fingerprint density at radius 2 is 1.67 bits per heavy atom. The topological polar surface area (TPSA) is 64.6 Å². The molecule has 5 nitrogen and oxygen atoms in total. The van der Waals surface area contributed by atoms with Crippen molar-refractivity contribution in [1.82, 2.24) is 10.2 Å². The SMILES string of the molecule is O=C(c1ccc(F)c(F)c1Nc1ccc(I)cc1F)N1CC(O)(CN[C@H]2[C@H]3C[C@H]4C[C@H](C3)C[C@H]2C4)C1. The van der Waals surface area contributed by atoms with Gasteiger partial charge in [-0.3, -0.25) is 4.79 Å². The number of likely N-dealkylation sites (tertiary alicyclic amines) is 1. The molecule has 2 aromatic rings. The molecule has 7 rings (SSSR count). The van der Waals surface area contributed by atoms with Crippen LogP contribution >= 0.6 is 22.6 Å². The highest BCUT2D eigenvalue weighted by Crippen LogP contribution is 2.53. The second kappa shape index (κ2) is 9.16. The molecule has 4 saturated carbocycles. The molecule has 1 amide bonds. The van der Waals surface area contributed by atoms with E-state index in [9.17, 15) is 23.1 Å². The number of hydrogen-bond donors (Lipinski definition) is 3. The highest BCUT2D eigenvalue weighted by atomic mass is 127. The highest BCUT2D eigenvalue weighted by Gasteiger charge is 2.50. The van der Waals surface area contributed by atoms with E-state index in [1.807, 2.05) is 22.6 Å². The zero-order valence-corrected chi connectivity index (χ0v) is 21.9. The summed E-state index contributed by atoms with van der Waals surface area (Å²) in [5.41, 5.74) is -1.64. The maximum atomic E-state index is 14.7. The van der Waals surface area contributed by atoms with Gasteiger partial charge in [0.15, 0.2) is 11.6 Å². The number of halogens is 4. The summed E-state index contributed by atoms with van der Waals surface area (Å²) in [5, 5.41) is 17.2. The van der Waals surface area contributed by atoms with E-state index < -0.39 is 34.6 Å². The number of amides is 1. The number of anilines is 2. The van der Waals surface area contributed by atoms with Crippen molar-refractivity contribution < 1.29 is 23.1 Å². The van der Waals surface area contributed by atoms with E-state index in [0.717, 1.165) is 17.9 Å². The third-order valence-electron chi connectivity index (χ3n) is 8.67. The quantitative estimate of drug-likeness (QED) is 0.401. The van der Waals surface area contributed by atoms with E-state index in [4.69, 9.17) is 0 Å². The van der Waals surface area contributed by atoms with Crippen molar-refractivity contribution in [3.63, 3.8) is 0 Å². The number of β-amino-alcohol motifs (C(OH)–C–C–N with tert-alkyl or cyclic N) is 1. The molecule has 2 aromatic carbocycles. The van der Waals surface area contributed by atoms with Gasteiger partial charge in [0.1, 0.15) is 11.4 Å². The summed E-state index contributed by atoms with van der Waals surface area (Å²) in [6.45, 7) is 0.603. The van der Waals surface area contributed by atoms with Crippen LogP contribution in [0.5, 0.6) is 0 Å². The van der Waals surface area contributed by atoms with Gasteiger partial charge in [-0.15, -0.1) is 0 Å². The van der Waals surface area contributed by atoms with E-state index in [1.165, 1.54) is 55.2 Å². The normalized spacial score (nSPS) is 29.8. The maximum Gasteiger partial charge on any atom is 0.256 e. The van der Waals surface area contributed by atoms with Gasteiger partial charge in [0.25, 0.3) is 5.91 Å². The molecular formula is C27H29F3IN3O2. The minimum absolute atomic E-state index is 0.0612. The molecule has 5 fully saturated rings. The molecule has 4 bridgehead atoms. The fraction of sp³-hybridized carbons (Fsp3) is 0.519. The van der Waals surface area contributed by atoms with Gasteiger partial charge < -0.3 is 20.6 Å². The number of nitrogens with zero attached hydrogens (tertiary/aromatic N) is 1. The van der Waals surface area contributed by atoms with Crippen LogP contribution in [0.4, 0.5) is 24.5 Å². The van der Waals surface area contributed by atoms with Crippen LogP contribution in [0, 0.1) is 44.7 Å². The molecule has 0 spiro atoms. The lowest BCUT2D eigenvalue weighted by Gasteiger charge is -2.55. The molecule has 192 valence electrons. The molecule has 1 saturated heterocycles. The van der Waals surface area contributed by atoms with Crippen molar-refractivity contribution in [2.24, 2.45) is 23.7 Å². The van der Waals surface area contributed by atoms with Crippen molar-refractivity contribution in [2.75, 3.05) is 25.0 Å². The van der Waals surface area contributed by atoms with Crippen molar-refractivity contribution >= 4 is 39.9 Å². The second-order valence-electron chi connectivity index (χ2n) is 11.3. The van der Waals surface area contributed by atoms with Gasteiger partial charge in [0.05, 0.1) is 30.0 Å². The molecule has 5 aliphatic rings. The number of hydrogen-bond acceptors (Lipinski definition) is 4. The molecule has 3 N–H and O–H groups in total. The monoisotopic (exact) mass is 611 g/mol. The molecule has 0 aromatic heterocycles. The molecule has 36 heavy (non-hydrogen) atoms. The third kappa shape index (κ3) is 4.41. The first-order chi connectivity index (χ1) is 17.2. The van der Waals surface area contributed by atoms with Crippen LogP contribution in [0.1, 0.15) is 42.5 Å². The van der Waals surface area contributed by atoms with E-state index >= 15 is 0 Å². The van der Waals surface area contributed by atoms with E-state index in [-0.39, 0.29) is 24.3 Å². The number of nitrogens with one attached hydrogen (secondary N) is 2. The standard InChI is InChI=1S/C27H29F3IN3O2/c28-20-3-2-19(25(23(20)30)33-22-4-1-18(31)10-21(22)29)26(35)34-12-27(36,13-34)11-32-24-16-6-14-5-15(8-16)9-17(24)7-14/h1-4,10,14-17,24,32-33,36H,5-9,11-13H2/t14-,15-,16-,17+,24+. The number of benzene rings is 2. The molecule has 1 aliphatic heterocycles. The number of aliphatic hydroxyl groups is 1. The summed E-state index contributed by atoms with van der Waals surface area (Å²) in [6, 6.07) is 6.80. The Morgan fingerprint density at radius 3 is 2.31 bits per heavy atom. The van der Waals surface area contributed by atoms with Gasteiger partial charge >= 0.3 is 0 Å². The van der Waals surface area contributed by atoms with Crippen LogP contribution in [-0.2, 0) is 0 Å². The second-order valence-corrected chi connectivity index (χ2v) is 12.5. The first kappa shape index (κ1) is 24.5. The van der Waals surface area contributed by atoms with Crippen molar-refractivity contribution in [3.8, 4) is 0 Å². The van der Waals surface area contributed by atoms with Crippen molar-refractivity contribution in [1.29, 1.82) is 0 Å². The molecule has 0 atom stereocenters. The molecule has 0 radical (unpaired) electrons. The predicted molar refractivity (Wildman–Crippen MR) is 138 cm³/mol. The lowest BCUT2D eigenvalue weighted by molar-refractivity contribution is -0.0884. The van der Waals surface area contributed by atoms with Crippen LogP contribution < -0.4 is 10.6 Å². The molecule has 9 heteroatoms. The molecule has 4 aliphatic carbocycles. The Morgan fingerprint density at radius 1 is 1.00 bits per heavy atom. The van der Waals surface area contributed by atoms with Gasteiger partial charge in [-0.2, -0.15) is 0 Å². The van der Waals surface area contributed by atoms with Gasteiger partial charge in [-0.1, -0.05) is 0 Å². The van der Waals surface area contributed by atoms with Crippen LogP contribution in [0.3, 0.4) is 0 Å². The zero-order chi connectivity index (χ0) is 25.2. The first-order valence-electron chi connectivity index (χ1n) is 12.6. The summed E-state index contributed by atoms with van der Waals surface area (Å²) in [4.78, 5) is 14.6. The van der Waals surface area contributed by atoms with E-state index in [0.29, 0.717) is 28.0 Å². The smallest absolute Gasteiger partial charge is 0.256 e. The Kier molecular flexibility index (Phi) is 6.23. The third-order valence-corrected chi connectivity index (χ3v) is 9.34. The van der Waals surface area contributed by atoms with Gasteiger partial charge in [-0.05, 0) is 109 Å². The van der Waals surface area contributed by atoms with Gasteiger partial charge in [0.2, 0.25) is 0 Å². The average Bonchev–Trinajstić information content (AvgIpc) is 2.80. The fourth-order valence-electron chi connectivity index (χ4n) is 7.23. The number of rotatable bonds is 6. The Labute approximate surface area is 222 Å². The van der Waals surface area contributed by atoms with Crippen molar-refractivity contribution in [2.45, 2.75) is 43.7 Å². The maximum absolute atomic E-state index is 14.7. The molecular weight excluding hydrogens is 582 g/mol. The lowest BCUT2D eigenvalue weighted by atomic mass is 9.54. The number of carbonyl (C=O) groups is 1. The Bertz CT molecular complexity index is 1180. The Hall–Kier alpha value is -1.85. The summed E-state index contributed by atoms with van der Waals surface area (Å²) >= 11 is 1.95. The van der Waals surface area contributed by atoms with E-state index in [1.54, 1.807) is 6.07 Å². The van der Waals surface area contributed by atoms with E-state index in [2.05, 4.69) is 10.6 Å². The van der Waals surface area contributed by atoms with Crippen LogP contribution in [0.25, 0.3) is 0 Å². The van der Waals surface area contributed by atoms with Gasteiger partial charge in [-0.25, -0.2) is 13.2 Å². The first-order valence-corrected chi connectivity index (χ1v) is 13.7. The summed E-state index contributed by atoms with van der Waals surface area (Å²) < 4.78 is 43.8. The van der Waals surface area contributed by atoms with Gasteiger partial charge in [0, 0.05) is 16.2 Å². The van der Waals surface area contributed by atoms with Crippen LogP contribution in [-0.4, -0.2) is 47.2 Å². The van der Waals surface area contributed by atoms with Crippen molar-refractivity contribution in [3.05, 3.63) is 56.9 Å². The average molecular weight is 611 g/mol. The fourth-order valence-corrected chi connectivity index (χ4v) is 7.69. The lowest BCUT2D eigenvalue weighted by Crippen LogP contribution is -2.69. The number of carbonyl (C=O) groups excluding carboxylic acids is 1. The largest absolute Gasteiger partial charge is 0.385 e. The predicted octanol–water partition coefficient (Wildman–Crippen LogP) is 5.05. The van der Waals surface area contributed by atoms with Crippen LogP contribution in [0.2, 0.25) is 0 Å². The highest BCUT2D eigenvalue weighted by molar-refractivity contribution is 14.1. The Balaban J connectivity index is 1.13. The zero-order valence-electron chi connectivity index (χ0n) is 19.7. The minimum atomic E-state index is -1.25. The molecule has 1 heterocycles. The summed E-state index contributed by atoms with van der Waals surface area (Å²) in [5.74, 6) is -0.465. The van der Waals surface area contributed by atoms with Crippen LogP contribution in [0.15, 0.2) is 30.3 Å². The minimum Gasteiger partial charge on any atom is -0.385 e. The summed E-state index contributed by atoms with van der Waals surface area (Å²) in [6.07, 6.45) is 6.50. The summed E-state index contributed by atoms with van der Waals surface area (Å²) in [7, 11) is 0.